The van der Waals surface area contributed by atoms with Gasteiger partial charge in [0.15, 0.2) is 0 Å². The Labute approximate surface area is 197 Å². The monoisotopic (exact) mass is 496 g/mol. The molecule has 2 aromatic carbocycles. The van der Waals surface area contributed by atoms with Gasteiger partial charge in [0.2, 0.25) is 5.91 Å². The first-order valence-corrected chi connectivity index (χ1v) is 13.2. The summed E-state index contributed by atoms with van der Waals surface area (Å²) < 4.78 is 25.1. The number of amides is 1. The zero-order chi connectivity index (χ0) is 23.1. The highest BCUT2D eigenvalue weighted by Gasteiger charge is 2.22. The minimum atomic E-state index is -1.35. The molecule has 2 atom stereocenters. The maximum atomic E-state index is 12.6. The summed E-state index contributed by atoms with van der Waals surface area (Å²) in [7, 11) is -2.68. The summed E-state index contributed by atoms with van der Waals surface area (Å²) in [4.78, 5) is 28.1. The summed E-state index contributed by atoms with van der Waals surface area (Å²) in [5, 5.41) is 9.35. The molecule has 1 aliphatic rings. The van der Waals surface area contributed by atoms with Crippen LogP contribution in [0, 0.1) is 0 Å². The largest absolute Gasteiger partial charge is 0.481 e. The predicted molar refractivity (Wildman–Crippen MR) is 125 cm³/mol. The van der Waals surface area contributed by atoms with Gasteiger partial charge < -0.3 is 10.0 Å². The normalized spacial score (nSPS) is 16.5. The number of carbonyl (C=O) groups is 2. The van der Waals surface area contributed by atoms with Crippen molar-refractivity contribution in [1.82, 2.24) is 9.80 Å². The molecule has 0 spiro atoms. The minimum absolute atomic E-state index is 0.0480. The van der Waals surface area contributed by atoms with Crippen molar-refractivity contribution in [3.8, 4) is 0 Å². The van der Waals surface area contributed by atoms with E-state index in [1.165, 1.54) is 0 Å². The molecule has 1 heterocycles. The fourth-order valence-corrected chi connectivity index (χ4v) is 5.63. The molecule has 0 aromatic heterocycles. The summed E-state index contributed by atoms with van der Waals surface area (Å²) in [6.45, 7) is 2.75. The van der Waals surface area contributed by atoms with Crippen molar-refractivity contribution in [3.05, 3.63) is 59.1 Å². The van der Waals surface area contributed by atoms with Crippen LogP contribution in [0.3, 0.4) is 0 Å². The summed E-state index contributed by atoms with van der Waals surface area (Å²) in [6.07, 6.45) is 0.0873. The van der Waals surface area contributed by atoms with Crippen LogP contribution in [0.2, 0.25) is 5.02 Å². The third-order valence-electron chi connectivity index (χ3n) is 5.14. The van der Waals surface area contributed by atoms with Crippen LogP contribution in [-0.4, -0.2) is 73.7 Å². The van der Waals surface area contributed by atoms with Gasteiger partial charge in [-0.25, -0.2) is 4.21 Å². The number of aliphatic carboxylic acids is 1. The van der Waals surface area contributed by atoms with Crippen molar-refractivity contribution < 1.29 is 23.1 Å². The molecule has 10 heteroatoms. The van der Waals surface area contributed by atoms with Gasteiger partial charge in [0.1, 0.15) is 5.75 Å². The van der Waals surface area contributed by atoms with Crippen LogP contribution in [-0.2, 0) is 36.9 Å². The van der Waals surface area contributed by atoms with Gasteiger partial charge in [-0.1, -0.05) is 23.7 Å². The standard InChI is InChI=1S/C22H25ClN2O5S2/c23-18-3-7-20(8-4-18)32(30)19-5-1-17(2-6-19)15-31(29)16-21(26)25-13-11-24(12-14-25)10-9-22(27)28/h1-8H,9-16H2,(H,27,28). The Bertz CT molecular complexity index is 990. The average Bonchev–Trinajstić information content (AvgIpc) is 2.78. The first-order chi connectivity index (χ1) is 15.3. The summed E-state index contributed by atoms with van der Waals surface area (Å²) in [5.74, 6) is -0.781. The van der Waals surface area contributed by atoms with Crippen LogP contribution < -0.4 is 0 Å². The number of carbonyl (C=O) groups excluding carboxylic acids is 1. The molecule has 0 aliphatic carbocycles. The van der Waals surface area contributed by atoms with Crippen molar-refractivity contribution >= 4 is 45.1 Å². The van der Waals surface area contributed by atoms with Gasteiger partial charge in [-0.05, 0) is 42.0 Å². The zero-order valence-electron chi connectivity index (χ0n) is 17.4. The van der Waals surface area contributed by atoms with Crippen LogP contribution in [0.5, 0.6) is 0 Å². The Morgan fingerprint density at radius 1 is 0.906 bits per heavy atom. The molecular formula is C22H25ClN2O5S2. The lowest BCUT2D eigenvalue weighted by Gasteiger charge is -2.34. The van der Waals surface area contributed by atoms with Crippen LogP contribution in [0.4, 0.5) is 0 Å². The molecule has 7 nitrogen and oxygen atoms in total. The number of benzene rings is 2. The molecule has 0 radical (unpaired) electrons. The molecule has 1 amide bonds. The van der Waals surface area contributed by atoms with Gasteiger partial charge in [-0.15, -0.1) is 0 Å². The van der Waals surface area contributed by atoms with Gasteiger partial charge in [0, 0.05) is 64.1 Å². The molecule has 0 saturated carbocycles. The second kappa shape index (κ2) is 11.7. The van der Waals surface area contributed by atoms with Crippen molar-refractivity contribution in [2.45, 2.75) is 22.0 Å². The molecule has 2 aromatic rings. The lowest BCUT2D eigenvalue weighted by molar-refractivity contribution is -0.138. The van der Waals surface area contributed by atoms with Gasteiger partial charge >= 0.3 is 5.97 Å². The fourth-order valence-electron chi connectivity index (χ4n) is 3.34. The number of nitrogens with zero attached hydrogens (tertiary/aromatic N) is 2. The SMILES string of the molecule is O=C(O)CCN1CCN(C(=O)CS(=O)Cc2ccc(S(=O)c3ccc(Cl)cc3)cc2)CC1. The topological polar surface area (TPSA) is 95.0 Å². The van der Waals surface area contributed by atoms with E-state index < -0.39 is 27.6 Å². The van der Waals surface area contributed by atoms with Crippen molar-refractivity contribution in [1.29, 1.82) is 0 Å². The quantitative estimate of drug-likeness (QED) is 0.572. The van der Waals surface area contributed by atoms with Crippen molar-refractivity contribution in [2.75, 3.05) is 38.5 Å². The second-order valence-electron chi connectivity index (χ2n) is 7.46. The highest BCUT2D eigenvalue weighted by molar-refractivity contribution is 7.85. The van der Waals surface area contributed by atoms with E-state index in [4.69, 9.17) is 16.7 Å². The lowest BCUT2D eigenvalue weighted by atomic mass is 10.2. The summed E-state index contributed by atoms with van der Waals surface area (Å²) >= 11 is 5.87. The number of halogens is 1. The van der Waals surface area contributed by atoms with E-state index in [1.807, 2.05) is 4.90 Å². The van der Waals surface area contributed by atoms with E-state index in [0.29, 0.717) is 47.5 Å². The van der Waals surface area contributed by atoms with Crippen LogP contribution in [0.15, 0.2) is 58.3 Å². The van der Waals surface area contributed by atoms with Crippen LogP contribution in [0.1, 0.15) is 12.0 Å². The minimum Gasteiger partial charge on any atom is -0.481 e. The number of hydrogen-bond acceptors (Lipinski definition) is 5. The molecular weight excluding hydrogens is 472 g/mol. The smallest absolute Gasteiger partial charge is 0.304 e. The molecule has 0 bridgehead atoms. The van der Waals surface area contributed by atoms with Gasteiger partial charge in [-0.2, -0.15) is 0 Å². The van der Waals surface area contributed by atoms with Crippen molar-refractivity contribution in [3.63, 3.8) is 0 Å². The number of hydrogen-bond donors (Lipinski definition) is 1. The third-order valence-corrected chi connectivity index (χ3v) is 8.02. The maximum absolute atomic E-state index is 12.6. The van der Waals surface area contributed by atoms with E-state index >= 15 is 0 Å². The number of carboxylic acid groups (broad SMARTS) is 1. The number of carboxylic acids is 1. The molecule has 32 heavy (non-hydrogen) atoms. The van der Waals surface area contributed by atoms with Crippen LogP contribution in [0.25, 0.3) is 0 Å². The molecule has 1 N–H and O–H groups in total. The van der Waals surface area contributed by atoms with Crippen LogP contribution >= 0.6 is 11.6 Å². The number of rotatable bonds is 9. The Kier molecular flexibility index (Phi) is 8.98. The number of piperazine rings is 1. The molecule has 3 rings (SSSR count). The van der Waals surface area contributed by atoms with Gasteiger partial charge in [0.25, 0.3) is 0 Å². The second-order valence-corrected chi connectivity index (χ2v) is 10.8. The highest BCUT2D eigenvalue weighted by Crippen LogP contribution is 2.19. The third kappa shape index (κ3) is 7.23. The van der Waals surface area contributed by atoms with Crippen molar-refractivity contribution in [2.24, 2.45) is 0 Å². The van der Waals surface area contributed by atoms with E-state index in [0.717, 1.165) is 5.56 Å². The molecule has 2 unspecified atom stereocenters. The lowest BCUT2D eigenvalue weighted by Crippen LogP contribution is -2.50. The molecule has 1 saturated heterocycles. The average molecular weight is 497 g/mol. The van der Waals surface area contributed by atoms with E-state index in [-0.39, 0.29) is 23.8 Å². The van der Waals surface area contributed by atoms with E-state index in [1.54, 1.807) is 53.4 Å². The molecule has 1 aliphatic heterocycles. The highest BCUT2D eigenvalue weighted by atomic mass is 35.5. The first-order valence-electron chi connectivity index (χ1n) is 10.1. The Balaban J connectivity index is 1.46. The first kappa shape index (κ1) is 24.6. The maximum Gasteiger partial charge on any atom is 0.304 e. The van der Waals surface area contributed by atoms with Gasteiger partial charge in [-0.3, -0.25) is 18.7 Å². The zero-order valence-corrected chi connectivity index (χ0v) is 19.8. The Morgan fingerprint density at radius 3 is 2.03 bits per heavy atom. The Hall–Kier alpha value is -2.07. The summed E-state index contributed by atoms with van der Waals surface area (Å²) in [5.41, 5.74) is 0.812. The van der Waals surface area contributed by atoms with Gasteiger partial charge in [0.05, 0.1) is 17.2 Å². The summed E-state index contributed by atoms with van der Waals surface area (Å²) in [6, 6.07) is 13.9. The molecule has 1 fully saturated rings. The predicted octanol–water partition coefficient (Wildman–Crippen LogP) is 2.37. The molecule has 172 valence electrons. The fraction of sp³-hybridized carbons (Fsp3) is 0.364. The Morgan fingerprint density at radius 2 is 1.47 bits per heavy atom. The van der Waals surface area contributed by atoms with E-state index in [2.05, 4.69) is 0 Å². The van der Waals surface area contributed by atoms with E-state index in [9.17, 15) is 18.0 Å².